The van der Waals surface area contributed by atoms with Crippen molar-refractivity contribution in [3.05, 3.63) is 59.1 Å². The van der Waals surface area contributed by atoms with Gasteiger partial charge in [0.15, 0.2) is 5.11 Å². The van der Waals surface area contributed by atoms with Crippen molar-refractivity contribution in [1.29, 1.82) is 0 Å². The maximum atomic E-state index is 6.15. The van der Waals surface area contributed by atoms with Crippen LogP contribution < -0.4 is 20.3 Å². The lowest BCUT2D eigenvalue weighted by Crippen LogP contribution is -3.07. The van der Waals surface area contributed by atoms with E-state index in [4.69, 9.17) is 28.6 Å². The molecule has 0 saturated carbocycles. The molecule has 0 radical (unpaired) electrons. The Morgan fingerprint density at radius 2 is 1.83 bits per heavy atom. The summed E-state index contributed by atoms with van der Waals surface area (Å²) in [5.41, 5.74) is 1.94. The first kappa shape index (κ1) is 18.5. The minimum absolute atomic E-state index is 0.201. The van der Waals surface area contributed by atoms with E-state index in [0.717, 1.165) is 17.0 Å². The number of quaternary nitrogens is 1. The fourth-order valence-corrected chi connectivity index (χ4v) is 2.88. The molecule has 4 nitrogen and oxygen atoms in total. The first-order valence-electron chi connectivity index (χ1n) is 7.75. The van der Waals surface area contributed by atoms with E-state index >= 15 is 0 Å². The third kappa shape index (κ3) is 4.84. The Balaban J connectivity index is 2.04. The number of ether oxygens (including phenoxy) is 1. The van der Waals surface area contributed by atoms with Crippen molar-refractivity contribution in [2.24, 2.45) is 0 Å². The van der Waals surface area contributed by atoms with Crippen molar-refractivity contribution in [3.63, 3.8) is 0 Å². The van der Waals surface area contributed by atoms with E-state index < -0.39 is 0 Å². The lowest BCUT2D eigenvalue weighted by atomic mass is 10.0. The van der Waals surface area contributed by atoms with Crippen LogP contribution in [0.3, 0.4) is 0 Å². The van der Waals surface area contributed by atoms with Gasteiger partial charge in [0.05, 0.1) is 44.0 Å². The molecule has 0 aliphatic heterocycles. The summed E-state index contributed by atoms with van der Waals surface area (Å²) in [7, 11) is 5.92. The van der Waals surface area contributed by atoms with E-state index in [1.807, 2.05) is 42.5 Å². The van der Waals surface area contributed by atoms with E-state index in [-0.39, 0.29) is 6.04 Å². The zero-order chi connectivity index (χ0) is 17.5. The summed E-state index contributed by atoms with van der Waals surface area (Å²) in [4.78, 5) is 1.28. The molecule has 6 heteroatoms. The monoisotopic (exact) mass is 364 g/mol. The van der Waals surface area contributed by atoms with Crippen LogP contribution in [0.1, 0.15) is 11.6 Å². The van der Waals surface area contributed by atoms with Gasteiger partial charge in [-0.3, -0.25) is 0 Å². The molecule has 24 heavy (non-hydrogen) atoms. The van der Waals surface area contributed by atoms with Gasteiger partial charge in [0.25, 0.3) is 0 Å². The number of hydrogen-bond donors (Lipinski definition) is 3. The van der Waals surface area contributed by atoms with E-state index in [0.29, 0.717) is 16.7 Å². The van der Waals surface area contributed by atoms with Crippen LogP contribution in [-0.2, 0) is 0 Å². The van der Waals surface area contributed by atoms with Gasteiger partial charge in [-0.25, -0.2) is 0 Å². The minimum Gasteiger partial charge on any atom is -0.496 e. The van der Waals surface area contributed by atoms with Crippen molar-refractivity contribution in [3.8, 4) is 5.75 Å². The summed E-state index contributed by atoms with van der Waals surface area (Å²) in [6, 6.07) is 15.8. The molecule has 0 heterocycles. The zero-order valence-corrected chi connectivity index (χ0v) is 15.7. The van der Waals surface area contributed by atoms with Gasteiger partial charge < -0.3 is 20.3 Å². The second-order valence-corrected chi connectivity index (χ2v) is 6.50. The Labute approximate surface area is 153 Å². The lowest BCUT2D eigenvalue weighted by Gasteiger charge is -2.24. The second-order valence-electron chi connectivity index (χ2n) is 5.69. The topological polar surface area (TPSA) is 37.7 Å². The zero-order valence-electron chi connectivity index (χ0n) is 14.1. The fourth-order valence-electron chi connectivity index (χ4n) is 2.50. The van der Waals surface area contributed by atoms with Crippen molar-refractivity contribution >= 4 is 34.6 Å². The van der Waals surface area contributed by atoms with Gasteiger partial charge in [-0.2, -0.15) is 0 Å². The van der Waals surface area contributed by atoms with Crippen LogP contribution in [0.2, 0.25) is 5.02 Å². The maximum absolute atomic E-state index is 6.15. The molecule has 1 atom stereocenters. The molecule has 0 aliphatic carbocycles. The smallest absolute Gasteiger partial charge is 0.171 e. The van der Waals surface area contributed by atoms with Crippen molar-refractivity contribution < 1.29 is 9.64 Å². The number of thiocarbonyl (C=S) groups is 1. The molecule has 0 spiro atoms. The van der Waals surface area contributed by atoms with Gasteiger partial charge in [0.2, 0.25) is 0 Å². The van der Waals surface area contributed by atoms with Gasteiger partial charge in [-0.1, -0.05) is 35.9 Å². The Morgan fingerprint density at radius 1 is 1.17 bits per heavy atom. The molecule has 0 bridgehead atoms. The molecule has 2 aromatic rings. The summed E-state index contributed by atoms with van der Waals surface area (Å²) in [5, 5.41) is 7.59. The summed E-state index contributed by atoms with van der Waals surface area (Å²) >= 11 is 11.5. The maximum Gasteiger partial charge on any atom is 0.171 e. The number of para-hydroxylation sites is 2. The number of hydrogen-bond acceptors (Lipinski definition) is 2. The van der Waals surface area contributed by atoms with Gasteiger partial charge in [0.1, 0.15) is 11.8 Å². The fraction of sp³-hybridized carbons (Fsp3) is 0.278. The molecule has 128 valence electrons. The van der Waals surface area contributed by atoms with Crippen LogP contribution in [0.5, 0.6) is 5.75 Å². The summed E-state index contributed by atoms with van der Waals surface area (Å²) in [5.74, 6) is 0.885. The number of rotatable bonds is 6. The summed E-state index contributed by atoms with van der Waals surface area (Å²) < 4.78 is 5.49. The van der Waals surface area contributed by atoms with Crippen LogP contribution in [0.15, 0.2) is 48.5 Å². The van der Waals surface area contributed by atoms with Gasteiger partial charge in [-0.05, 0) is 36.5 Å². The first-order valence-corrected chi connectivity index (χ1v) is 8.54. The standard InChI is InChI=1S/C18H22ClN3OS/c1-22(2)16(13-8-4-7-11-17(13)23-3)12-20-18(24)21-15-10-6-5-9-14(15)19/h4-11,16H,12H2,1-3H3,(H2,20,21,24)/p+1/t16-/m0/s1. The quantitative estimate of drug-likeness (QED) is 0.689. The predicted molar refractivity (Wildman–Crippen MR) is 104 cm³/mol. The average Bonchev–Trinajstić information content (AvgIpc) is 2.57. The molecule has 0 fully saturated rings. The predicted octanol–water partition coefficient (Wildman–Crippen LogP) is 2.52. The van der Waals surface area contributed by atoms with Crippen LogP contribution in [0, 0.1) is 0 Å². The van der Waals surface area contributed by atoms with Crippen LogP contribution in [0.25, 0.3) is 0 Å². The van der Waals surface area contributed by atoms with Gasteiger partial charge in [-0.15, -0.1) is 0 Å². The highest BCUT2D eigenvalue weighted by atomic mass is 35.5. The summed E-state index contributed by atoms with van der Waals surface area (Å²) in [6.07, 6.45) is 0. The Bertz CT molecular complexity index is 693. The second kappa shape index (κ2) is 8.87. The third-order valence-corrected chi connectivity index (χ3v) is 4.38. The van der Waals surface area contributed by atoms with Crippen molar-refractivity contribution in [1.82, 2.24) is 5.32 Å². The van der Waals surface area contributed by atoms with Crippen LogP contribution in [-0.4, -0.2) is 32.9 Å². The largest absolute Gasteiger partial charge is 0.496 e. The van der Waals surface area contributed by atoms with E-state index in [1.165, 1.54) is 4.90 Å². The number of anilines is 1. The number of halogens is 1. The van der Waals surface area contributed by atoms with E-state index in [1.54, 1.807) is 7.11 Å². The first-order chi connectivity index (χ1) is 11.5. The SMILES string of the molecule is COc1ccccc1[C@H](CNC(=S)Nc1ccccc1Cl)[NH+](C)C. The Hall–Kier alpha value is -1.82. The van der Waals surface area contributed by atoms with Gasteiger partial charge in [0, 0.05) is 0 Å². The molecular weight excluding hydrogens is 342 g/mol. The van der Waals surface area contributed by atoms with Crippen LogP contribution in [0.4, 0.5) is 5.69 Å². The molecule has 2 aromatic carbocycles. The van der Waals surface area contributed by atoms with Crippen molar-refractivity contribution in [2.45, 2.75) is 6.04 Å². The minimum atomic E-state index is 0.201. The molecule has 0 unspecified atom stereocenters. The number of methoxy groups -OCH3 is 1. The molecule has 0 amide bonds. The normalized spacial score (nSPS) is 11.9. The average molecular weight is 365 g/mol. The lowest BCUT2D eigenvalue weighted by molar-refractivity contribution is -0.890. The summed E-state index contributed by atoms with van der Waals surface area (Å²) in [6.45, 7) is 0.680. The molecular formula is C18H23ClN3OS+. The molecule has 3 N–H and O–H groups in total. The Morgan fingerprint density at radius 3 is 2.50 bits per heavy atom. The molecule has 0 aromatic heterocycles. The molecule has 0 saturated heterocycles. The number of likely N-dealkylation sites (N-methyl/N-ethyl adjacent to an activating group) is 1. The van der Waals surface area contributed by atoms with E-state index in [9.17, 15) is 0 Å². The highest BCUT2D eigenvalue weighted by molar-refractivity contribution is 7.80. The van der Waals surface area contributed by atoms with Gasteiger partial charge >= 0.3 is 0 Å². The van der Waals surface area contributed by atoms with Crippen LogP contribution >= 0.6 is 23.8 Å². The van der Waals surface area contributed by atoms with Crippen molar-refractivity contribution in [2.75, 3.05) is 33.1 Å². The number of nitrogens with one attached hydrogen (secondary N) is 3. The van der Waals surface area contributed by atoms with E-state index in [2.05, 4.69) is 30.8 Å². The molecule has 0 aliphatic rings. The molecule has 2 rings (SSSR count). The number of benzene rings is 2. The highest BCUT2D eigenvalue weighted by Gasteiger charge is 2.21. The Kier molecular flexibility index (Phi) is 6.85. The third-order valence-electron chi connectivity index (χ3n) is 3.80. The highest BCUT2D eigenvalue weighted by Crippen LogP contribution is 2.23.